The van der Waals surface area contributed by atoms with Gasteiger partial charge >= 0.3 is 0 Å². The molecule has 21 heavy (non-hydrogen) atoms. The van der Waals surface area contributed by atoms with Crippen LogP contribution in [0.5, 0.6) is 0 Å². The minimum atomic E-state index is -0.366. The number of halogens is 2. The molecule has 0 saturated heterocycles. The summed E-state index contributed by atoms with van der Waals surface area (Å²) in [4.78, 5) is 12.5. The minimum absolute atomic E-state index is 0.127. The zero-order valence-electron chi connectivity index (χ0n) is 11.5. The Hall–Kier alpha value is -1.52. The summed E-state index contributed by atoms with van der Waals surface area (Å²) >= 11 is 7.01. The van der Waals surface area contributed by atoms with E-state index < -0.39 is 0 Å². The summed E-state index contributed by atoms with van der Waals surface area (Å²) in [6.07, 6.45) is 0. The molecule has 0 heterocycles. The summed E-state index contributed by atoms with van der Waals surface area (Å²) in [6, 6.07) is 13.7. The van der Waals surface area contributed by atoms with E-state index in [0.717, 1.165) is 5.56 Å². The quantitative estimate of drug-likeness (QED) is 0.832. The summed E-state index contributed by atoms with van der Waals surface area (Å²) < 4.78 is 13.5. The number of hydrogen-bond donors (Lipinski definition) is 1. The molecule has 2 aromatic rings. The fourth-order valence-corrected chi connectivity index (χ4v) is 2.75. The zero-order valence-corrected chi connectivity index (χ0v) is 13.0. The third kappa shape index (κ3) is 4.76. The lowest BCUT2D eigenvalue weighted by Crippen LogP contribution is -2.30. The van der Waals surface area contributed by atoms with E-state index in [4.69, 9.17) is 11.6 Å². The molecule has 2 aromatic carbocycles. The molecule has 2 rings (SSSR count). The van der Waals surface area contributed by atoms with Crippen LogP contribution >= 0.6 is 23.4 Å². The fourth-order valence-electron chi connectivity index (χ4n) is 1.72. The van der Waals surface area contributed by atoms with Gasteiger partial charge in [-0.15, -0.1) is 11.8 Å². The molecule has 0 aliphatic carbocycles. The number of rotatable bonds is 5. The van der Waals surface area contributed by atoms with E-state index in [2.05, 4.69) is 5.32 Å². The van der Waals surface area contributed by atoms with Gasteiger partial charge in [-0.1, -0.05) is 35.9 Å². The van der Waals surface area contributed by atoms with E-state index in [0.29, 0.717) is 16.5 Å². The molecule has 0 fully saturated rings. The van der Waals surface area contributed by atoms with Gasteiger partial charge in [0.05, 0.1) is 5.25 Å². The van der Waals surface area contributed by atoms with Gasteiger partial charge in [-0.2, -0.15) is 0 Å². The smallest absolute Gasteiger partial charge is 0.233 e. The van der Waals surface area contributed by atoms with Crippen molar-refractivity contribution in [3.63, 3.8) is 0 Å². The zero-order chi connectivity index (χ0) is 15.2. The van der Waals surface area contributed by atoms with Gasteiger partial charge < -0.3 is 5.32 Å². The Morgan fingerprint density at radius 1 is 1.24 bits per heavy atom. The molecule has 2 nitrogen and oxygen atoms in total. The Bertz CT molecular complexity index is 618. The maximum Gasteiger partial charge on any atom is 0.233 e. The number of nitrogens with one attached hydrogen (secondary N) is 1. The molecular formula is C16H15ClFNOS. The Labute approximate surface area is 132 Å². The van der Waals surface area contributed by atoms with Crippen molar-refractivity contribution in [2.45, 2.75) is 23.6 Å². The fraction of sp³-hybridized carbons (Fsp3) is 0.188. The van der Waals surface area contributed by atoms with E-state index in [9.17, 15) is 9.18 Å². The predicted octanol–water partition coefficient (Wildman–Crippen LogP) is 4.28. The second-order valence-corrected chi connectivity index (χ2v) is 6.35. The number of hydrogen-bond acceptors (Lipinski definition) is 2. The second-order valence-electron chi connectivity index (χ2n) is 4.53. The first-order valence-corrected chi connectivity index (χ1v) is 7.75. The van der Waals surface area contributed by atoms with Crippen molar-refractivity contribution in [1.29, 1.82) is 0 Å². The van der Waals surface area contributed by atoms with E-state index in [-0.39, 0.29) is 17.0 Å². The Balaban J connectivity index is 1.88. The Morgan fingerprint density at radius 2 is 1.90 bits per heavy atom. The van der Waals surface area contributed by atoms with Crippen molar-refractivity contribution in [3.05, 3.63) is 64.9 Å². The van der Waals surface area contributed by atoms with Crippen LogP contribution in [0, 0.1) is 5.82 Å². The van der Waals surface area contributed by atoms with Gasteiger partial charge in [-0.3, -0.25) is 4.79 Å². The highest BCUT2D eigenvalue weighted by Crippen LogP contribution is 2.25. The van der Waals surface area contributed by atoms with Crippen LogP contribution in [-0.2, 0) is 11.3 Å². The van der Waals surface area contributed by atoms with Crippen molar-refractivity contribution >= 4 is 29.3 Å². The average molecular weight is 324 g/mol. The summed E-state index contributed by atoms with van der Waals surface area (Å²) in [7, 11) is 0. The number of thioether (sulfide) groups is 1. The van der Waals surface area contributed by atoms with Gasteiger partial charge in [-0.05, 0) is 36.8 Å². The normalized spacial score (nSPS) is 12.0. The van der Waals surface area contributed by atoms with Crippen LogP contribution in [0.2, 0.25) is 5.02 Å². The lowest BCUT2D eigenvalue weighted by molar-refractivity contribution is -0.120. The monoisotopic (exact) mass is 323 g/mol. The first kappa shape index (κ1) is 15.9. The van der Waals surface area contributed by atoms with Gasteiger partial charge in [0, 0.05) is 16.5 Å². The van der Waals surface area contributed by atoms with Crippen LogP contribution in [0.3, 0.4) is 0 Å². The molecule has 0 aliphatic heterocycles. The molecule has 110 valence electrons. The first-order valence-electron chi connectivity index (χ1n) is 6.49. The maximum atomic E-state index is 13.5. The maximum absolute atomic E-state index is 13.5. The van der Waals surface area contributed by atoms with Gasteiger partial charge in [0.25, 0.3) is 0 Å². The molecule has 1 amide bonds. The summed E-state index contributed by atoms with van der Waals surface area (Å²) in [5.41, 5.74) is 0.968. The summed E-state index contributed by atoms with van der Waals surface area (Å²) in [5, 5.41) is 3.13. The molecular weight excluding hydrogens is 309 g/mol. The van der Waals surface area contributed by atoms with Crippen molar-refractivity contribution in [2.24, 2.45) is 0 Å². The highest BCUT2D eigenvalue weighted by Gasteiger charge is 2.15. The molecule has 1 unspecified atom stereocenters. The van der Waals surface area contributed by atoms with E-state index in [1.165, 1.54) is 17.8 Å². The molecule has 0 aliphatic rings. The molecule has 5 heteroatoms. The molecule has 0 spiro atoms. The third-order valence-electron chi connectivity index (χ3n) is 2.89. The molecule has 1 N–H and O–H groups in total. The lowest BCUT2D eigenvalue weighted by atomic mass is 10.2. The van der Waals surface area contributed by atoms with Crippen LogP contribution in [0.15, 0.2) is 53.4 Å². The standard InChI is InChI=1S/C16H15ClFNOS/c1-11(21-15-5-3-2-4-14(15)18)16(20)19-10-12-6-8-13(17)9-7-12/h2-9,11H,10H2,1H3,(H,19,20). The molecule has 1 atom stereocenters. The number of carbonyl (C=O) groups excluding carboxylic acids is 1. The van der Waals surface area contributed by atoms with Crippen LogP contribution in [0.25, 0.3) is 0 Å². The topological polar surface area (TPSA) is 29.1 Å². The van der Waals surface area contributed by atoms with Crippen molar-refractivity contribution in [3.8, 4) is 0 Å². The van der Waals surface area contributed by atoms with E-state index >= 15 is 0 Å². The summed E-state index contributed by atoms with van der Waals surface area (Å²) in [6.45, 7) is 2.19. The van der Waals surface area contributed by atoms with E-state index in [1.807, 2.05) is 12.1 Å². The summed E-state index contributed by atoms with van der Waals surface area (Å²) in [5.74, 6) is -0.432. The van der Waals surface area contributed by atoms with Crippen LogP contribution in [0.4, 0.5) is 4.39 Å². The van der Waals surface area contributed by atoms with Crippen LogP contribution in [-0.4, -0.2) is 11.2 Å². The van der Waals surface area contributed by atoms with Crippen molar-refractivity contribution in [1.82, 2.24) is 5.32 Å². The molecule has 0 aromatic heterocycles. The predicted molar refractivity (Wildman–Crippen MR) is 85.0 cm³/mol. The Kier molecular flexibility index (Phi) is 5.65. The molecule has 0 saturated carbocycles. The number of benzene rings is 2. The van der Waals surface area contributed by atoms with Gasteiger partial charge in [0.15, 0.2) is 0 Å². The number of carbonyl (C=O) groups is 1. The van der Waals surface area contributed by atoms with Crippen LogP contribution < -0.4 is 5.32 Å². The number of amides is 1. The van der Waals surface area contributed by atoms with Gasteiger partial charge in [0.2, 0.25) is 5.91 Å². The third-order valence-corrected chi connectivity index (χ3v) is 4.29. The lowest BCUT2D eigenvalue weighted by Gasteiger charge is -2.12. The van der Waals surface area contributed by atoms with Crippen LogP contribution in [0.1, 0.15) is 12.5 Å². The first-order chi connectivity index (χ1) is 10.1. The van der Waals surface area contributed by atoms with E-state index in [1.54, 1.807) is 37.3 Å². The largest absolute Gasteiger partial charge is 0.351 e. The Morgan fingerprint density at radius 3 is 2.57 bits per heavy atom. The highest BCUT2D eigenvalue weighted by molar-refractivity contribution is 8.00. The van der Waals surface area contributed by atoms with Crippen molar-refractivity contribution in [2.75, 3.05) is 0 Å². The van der Waals surface area contributed by atoms with Crippen molar-refractivity contribution < 1.29 is 9.18 Å². The second kappa shape index (κ2) is 7.48. The minimum Gasteiger partial charge on any atom is -0.351 e. The highest BCUT2D eigenvalue weighted by atomic mass is 35.5. The average Bonchev–Trinajstić information content (AvgIpc) is 2.48. The SMILES string of the molecule is CC(Sc1ccccc1F)C(=O)NCc1ccc(Cl)cc1. The molecule has 0 radical (unpaired) electrons. The molecule has 0 bridgehead atoms. The van der Waals surface area contributed by atoms with Gasteiger partial charge in [0.1, 0.15) is 5.82 Å². The van der Waals surface area contributed by atoms with Gasteiger partial charge in [-0.25, -0.2) is 4.39 Å².